The topological polar surface area (TPSA) is 105 Å². The van der Waals surface area contributed by atoms with Gasteiger partial charge in [-0.2, -0.15) is 0 Å². The van der Waals surface area contributed by atoms with Crippen LogP contribution in [0.25, 0.3) is 10.9 Å². The summed E-state index contributed by atoms with van der Waals surface area (Å²) in [6.45, 7) is 4.16. The van der Waals surface area contributed by atoms with Gasteiger partial charge >= 0.3 is 0 Å². The third-order valence-electron chi connectivity index (χ3n) is 5.32. The Balaban J connectivity index is 0.00000289. The molecule has 0 spiro atoms. The minimum atomic E-state index is -3.76. The van der Waals surface area contributed by atoms with Crippen LogP contribution in [0.4, 0.5) is 0 Å². The predicted octanol–water partition coefficient (Wildman–Crippen LogP) is 3.16. The Kier molecular flexibility index (Phi) is 7.93. The van der Waals surface area contributed by atoms with Gasteiger partial charge in [-0.3, -0.25) is 14.9 Å². The molecule has 32 heavy (non-hydrogen) atoms. The largest absolute Gasteiger partial charge is 0.358 e. The molecule has 4 rings (SSSR count). The standard InChI is InChI=1S/C23H25N5O2S.Re/c1-17-21(22-14-20(31(24,29)30)8-9-23(22)27-17)10-13-28(15-18-6-2-4-11-25-18)16-19-7-3-5-12-26-19;/h2-9,11-12,14,27H,10,13,15-16H2,1H3,(H2,24,29,30);. The van der Waals surface area contributed by atoms with Gasteiger partial charge in [0.15, 0.2) is 0 Å². The Hall–Kier alpha value is -2.41. The van der Waals surface area contributed by atoms with Crippen LogP contribution in [0.5, 0.6) is 0 Å². The molecular weight excluding hydrogens is 597 g/mol. The van der Waals surface area contributed by atoms with Gasteiger partial charge in [0.05, 0.1) is 16.3 Å². The van der Waals surface area contributed by atoms with Crippen LogP contribution >= 0.6 is 0 Å². The van der Waals surface area contributed by atoms with Crippen LogP contribution in [-0.2, 0) is 50.0 Å². The number of fused-ring (bicyclic) bond motifs is 1. The van der Waals surface area contributed by atoms with Gasteiger partial charge in [-0.25, -0.2) is 13.6 Å². The predicted molar refractivity (Wildman–Crippen MR) is 121 cm³/mol. The molecule has 0 aliphatic carbocycles. The van der Waals surface area contributed by atoms with Gasteiger partial charge in [0.2, 0.25) is 10.0 Å². The number of hydrogen-bond acceptors (Lipinski definition) is 5. The maximum atomic E-state index is 11.8. The third kappa shape index (κ3) is 5.88. The van der Waals surface area contributed by atoms with Crippen LogP contribution in [0.1, 0.15) is 22.6 Å². The van der Waals surface area contributed by atoms with Crippen molar-refractivity contribution in [2.45, 2.75) is 31.3 Å². The van der Waals surface area contributed by atoms with Crippen molar-refractivity contribution in [3.63, 3.8) is 0 Å². The number of nitrogens with zero attached hydrogens (tertiary/aromatic N) is 3. The summed E-state index contributed by atoms with van der Waals surface area (Å²) < 4.78 is 23.6. The SMILES string of the molecule is Cc1[nH]c2ccc(S(N)(=O)=O)cc2c1CCN(Cc1ccccn1)Cc1ccccn1.[Re]. The quantitative estimate of drug-likeness (QED) is 0.315. The van der Waals surface area contributed by atoms with Crippen LogP contribution in [0, 0.1) is 6.92 Å². The molecule has 3 aromatic heterocycles. The van der Waals surface area contributed by atoms with E-state index in [2.05, 4.69) is 19.9 Å². The average molecular weight is 622 g/mol. The van der Waals surface area contributed by atoms with E-state index in [-0.39, 0.29) is 25.3 Å². The number of nitrogens with one attached hydrogen (secondary N) is 1. The van der Waals surface area contributed by atoms with Gasteiger partial charge in [0.1, 0.15) is 0 Å². The molecule has 0 fully saturated rings. The summed E-state index contributed by atoms with van der Waals surface area (Å²) in [4.78, 5) is 14.7. The molecule has 0 atom stereocenters. The molecule has 0 saturated carbocycles. The molecule has 3 N–H and O–H groups in total. The van der Waals surface area contributed by atoms with Crippen LogP contribution in [0.3, 0.4) is 0 Å². The van der Waals surface area contributed by atoms with E-state index in [1.165, 1.54) is 6.07 Å². The van der Waals surface area contributed by atoms with Crippen LogP contribution < -0.4 is 5.14 Å². The summed E-state index contributed by atoms with van der Waals surface area (Å²) in [6.07, 6.45) is 4.35. The second-order valence-corrected chi connectivity index (χ2v) is 9.15. The molecule has 7 nitrogen and oxygen atoms in total. The molecule has 1 aromatic carbocycles. The number of benzene rings is 1. The van der Waals surface area contributed by atoms with E-state index in [0.29, 0.717) is 13.1 Å². The van der Waals surface area contributed by atoms with Gasteiger partial charge in [-0.1, -0.05) is 12.1 Å². The van der Waals surface area contributed by atoms with Crippen LogP contribution in [-0.4, -0.2) is 34.8 Å². The van der Waals surface area contributed by atoms with Crippen molar-refractivity contribution < 1.29 is 28.8 Å². The van der Waals surface area contributed by atoms with Crippen molar-refractivity contribution in [1.29, 1.82) is 0 Å². The number of pyridine rings is 2. The molecule has 3 heterocycles. The molecule has 1 radical (unpaired) electrons. The van der Waals surface area contributed by atoms with Gasteiger partial charge in [-0.05, 0) is 61.4 Å². The van der Waals surface area contributed by atoms with E-state index in [1.54, 1.807) is 24.5 Å². The Morgan fingerprint density at radius 1 is 0.969 bits per heavy atom. The number of sulfonamides is 1. The summed E-state index contributed by atoms with van der Waals surface area (Å²) in [7, 11) is -3.76. The second-order valence-electron chi connectivity index (χ2n) is 7.58. The average Bonchev–Trinajstić information content (AvgIpc) is 3.07. The summed E-state index contributed by atoms with van der Waals surface area (Å²) in [5, 5.41) is 6.23. The number of rotatable bonds is 8. The maximum Gasteiger partial charge on any atom is 0.238 e. The normalized spacial score (nSPS) is 11.6. The molecule has 0 aliphatic rings. The van der Waals surface area contributed by atoms with Crippen molar-refractivity contribution in [3.05, 3.63) is 89.6 Å². The molecule has 167 valence electrons. The molecule has 9 heteroatoms. The fraction of sp³-hybridized carbons (Fsp3) is 0.217. The fourth-order valence-corrected chi connectivity index (χ4v) is 4.33. The Labute approximate surface area is 201 Å². The molecule has 4 aromatic rings. The van der Waals surface area contributed by atoms with Crippen LogP contribution in [0.15, 0.2) is 71.9 Å². The van der Waals surface area contributed by atoms with Gasteiger partial charge in [0, 0.05) is 69.0 Å². The van der Waals surface area contributed by atoms with Crippen molar-refractivity contribution in [3.8, 4) is 0 Å². The summed E-state index contributed by atoms with van der Waals surface area (Å²) in [5.74, 6) is 0. The minimum absolute atomic E-state index is 0. The van der Waals surface area contributed by atoms with E-state index in [9.17, 15) is 8.42 Å². The molecule has 0 saturated heterocycles. The zero-order valence-corrected chi connectivity index (χ0v) is 21.2. The number of aromatic nitrogens is 3. The summed E-state index contributed by atoms with van der Waals surface area (Å²) >= 11 is 0. The van der Waals surface area contributed by atoms with E-state index in [1.807, 2.05) is 43.3 Å². The first-order valence-corrected chi connectivity index (χ1v) is 11.6. The smallest absolute Gasteiger partial charge is 0.238 e. The Morgan fingerprint density at radius 2 is 1.59 bits per heavy atom. The van der Waals surface area contributed by atoms with E-state index < -0.39 is 10.0 Å². The van der Waals surface area contributed by atoms with Crippen LogP contribution in [0.2, 0.25) is 0 Å². The van der Waals surface area contributed by atoms with Gasteiger partial charge < -0.3 is 4.98 Å². The monoisotopic (exact) mass is 622 g/mol. The number of primary sulfonamides is 1. The van der Waals surface area contributed by atoms with Crippen molar-refractivity contribution in [2.24, 2.45) is 5.14 Å². The second kappa shape index (κ2) is 10.5. The van der Waals surface area contributed by atoms with E-state index in [4.69, 9.17) is 5.14 Å². The van der Waals surface area contributed by atoms with Crippen molar-refractivity contribution in [2.75, 3.05) is 6.54 Å². The summed E-state index contributed by atoms with van der Waals surface area (Å²) in [6, 6.07) is 16.8. The number of H-pyrrole nitrogens is 1. The minimum Gasteiger partial charge on any atom is -0.358 e. The van der Waals surface area contributed by atoms with Gasteiger partial charge in [0.25, 0.3) is 0 Å². The fourth-order valence-electron chi connectivity index (χ4n) is 3.79. The molecule has 0 amide bonds. The number of hydrogen-bond donors (Lipinski definition) is 2. The third-order valence-corrected chi connectivity index (χ3v) is 6.23. The number of aromatic amines is 1. The van der Waals surface area contributed by atoms with E-state index in [0.717, 1.165) is 46.5 Å². The Bertz CT molecular complexity index is 1240. The Morgan fingerprint density at radius 3 is 2.12 bits per heavy atom. The molecule has 0 unspecified atom stereocenters. The summed E-state index contributed by atoms with van der Waals surface area (Å²) in [5.41, 5.74) is 5.00. The van der Waals surface area contributed by atoms with Crippen molar-refractivity contribution >= 4 is 20.9 Å². The first-order valence-electron chi connectivity index (χ1n) is 10.1. The number of nitrogens with two attached hydrogens (primary N) is 1. The van der Waals surface area contributed by atoms with Crippen molar-refractivity contribution in [1.82, 2.24) is 19.9 Å². The molecular formula is C23H25N5O2ReS. The van der Waals surface area contributed by atoms with E-state index >= 15 is 0 Å². The first kappa shape index (κ1) is 24.2. The van der Waals surface area contributed by atoms with Gasteiger partial charge in [-0.15, -0.1) is 0 Å². The molecule has 0 aliphatic heterocycles. The maximum absolute atomic E-state index is 11.8. The zero-order valence-electron chi connectivity index (χ0n) is 17.7. The zero-order chi connectivity index (χ0) is 21.8. The first-order chi connectivity index (χ1) is 14.9. The molecule has 0 bridgehead atoms. The number of aryl methyl sites for hydroxylation is 1.